The van der Waals surface area contributed by atoms with Crippen LogP contribution in [0.4, 0.5) is 5.69 Å². The molecular weight excluding hydrogens is 226 g/mol. The summed E-state index contributed by atoms with van der Waals surface area (Å²) < 4.78 is 0. The van der Waals surface area contributed by atoms with E-state index in [4.69, 9.17) is 0 Å². The van der Waals surface area contributed by atoms with Gasteiger partial charge in [0.1, 0.15) is 0 Å². The normalized spacial score (nSPS) is 17.2. The van der Waals surface area contributed by atoms with Crippen LogP contribution in [-0.2, 0) is 0 Å². The molecule has 1 aliphatic rings. The van der Waals surface area contributed by atoms with Crippen molar-refractivity contribution in [3.05, 3.63) is 29.3 Å². The first-order chi connectivity index (χ1) is 8.66. The fourth-order valence-electron chi connectivity index (χ4n) is 2.60. The monoisotopic (exact) mass is 247 g/mol. The number of benzene rings is 1. The summed E-state index contributed by atoms with van der Waals surface area (Å²) in [6.07, 6.45) is 7.38. The highest BCUT2D eigenvalue weighted by molar-refractivity contribution is 5.94. The largest absolute Gasteiger partial charge is 0.478 e. The molecule has 2 rings (SSSR count). The molecular formula is C15H21NO2. The van der Waals surface area contributed by atoms with Gasteiger partial charge in [0, 0.05) is 11.7 Å². The van der Waals surface area contributed by atoms with E-state index in [9.17, 15) is 9.90 Å². The summed E-state index contributed by atoms with van der Waals surface area (Å²) in [5.41, 5.74) is 2.14. The van der Waals surface area contributed by atoms with Crippen molar-refractivity contribution in [2.45, 2.75) is 51.5 Å². The number of hydrogen-bond acceptors (Lipinski definition) is 2. The fraction of sp³-hybridized carbons (Fsp3) is 0.533. The summed E-state index contributed by atoms with van der Waals surface area (Å²) in [5.74, 6) is -0.852. The summed E-state index contributed by atoms with van der Waals surface area (Å²) in [5, 5.41) is 12.7. The number of anilines is 1. The van der Waals surface area contributed by atoms with Crippen LogP contribution in [0.25, 0.3) is 0 Å². The number of aryl methyl sites for hydroxylation is 1. The second-order valence-electron chi connectivity index (χ2n) is 5.19. The Morgan fingerprint density at radius 1 is 1.22 bits per heavy atom. The van der Waals surface area contributed by atoms with E-state index in [2.05, 4.69) is 5.32 Å². The van der Waals surface area contributed by atoms with Crippen LogP contribution in [-0.4, -0.2) is 17.1 Å². The van der Waals surface area contributed by atoms with Crippen LogP contribution in [0.3, 0.4) is 0 Å². The Labute approximate surface area is 108 Å². The van der Waals surface area contributed by atoms with Gasteiger partial charge in [-0.3, -0.25) is 0 Å². The van der Waals surface area contributed by atoms with Gasteiger partial charge in [-0.05, 0) is 31.9 Å². The molecule has 3 heteroatoms. The number of nitrogens with one attached hydrogen (secondary N) is 1. The number of aromatic carboxylic acids is 1. The van der Waals surface area contributed by atoms with Crippen LogP contribution in [0.2, 0.25) is 0 Å². The Morgan fingerprint density at radius 2 is 1.89 bits per heavy atom. The number of carboxylic acid groups (broad SMARTS) is 1. The van der Waals surface area contributed by atoms with Gasteiger partial charge in [-0.25, -0.2) is 4.79 Å². The predicted octanol–water partition coefficient (Wildman–Crippen LogP) is 3.83. The van der Waals surface area contributed by atoms with Gasteiger partial charge in [0.05, 0.1) is 5.56 Å². The highest BCUT2D eigenvalue weighted by Crippen LogP contribution is 2.24. The van der Waals surface area contributed by atoms with E-state index in [0.717, 1.165) is 24.1 Å². The molecule has 0 unspecified atom stereocenters. The third-order valence-electron chi connectivity index (χ3n) is 3.62. The first kappa shape index (κ1) is 12.9. The number of carbonyl (C=O) groups is 1. The maximum absolute atomic E-state index is 11.2. The third-order valence-corrected chi connectivity index (χ3v) is 3.62. The van der Waals surface area contributed by atoms with Gasteiger partial charge in [-0.1, -0.05) is 37.3 Å². The molecule has 0 saturated heterocycles. The summed E-state index contributed by atoms with van der Waals surface area (Å²) in [6.45, 7) is 1.92. The number of hydrogen-bond donors (Lipinski definition) is 2. The molecule has 0 bridgehead atoms. The molecule has 0 amide bonds. The van der Waals surface area contributed by atoms with Crippen molar-refractivity contribution in [1.29, 1.82) is 0 Å². The predicted molar refractivity (Wildman–Crippen MR) is 73.3 cm³/mol. The topological polar surface area (TPSA) is 49.3 Å². The Bertz CT molecular complexity index is 421. The molecule has 1 aliphatic carbocycles. The highest BCUT2D eigenvalue weighted by atomic mass is 16.4. The van der Waals surface area contributed by atoms with E-state index in [1.54, 1.807) is 6.07 Å². The van der Waals surface area contributed by atoms with Gasteiger partial charge in [-0.2, -0.15) is 0 Å². The van der Waals surface area contributed by atoms with Crippen LogP contribution in [0, 0.1) is 6.92 Å². The zero-order chi connectivity index (χ0) is 13.0. The molecule has 98 valence electrons. The van der Waals surface area contributed by atoms with Crippen molar-refractivity contribution >= 4 is 11.7 Å². The van der Waals surface area contributed by atoms with Crippen LogP contribution >= 0.6 is 0 Å². The van der Waals surface area contributed by atoms with Gasteiger partial charge in [0.25, 0.3) is 0 Å². The molecule has 1 saturated carbocycles. The molecule has 0 spiro atoms. The highest BCUT2D eigenvalue weighted by Gasteiger charge is 2.16. The van der Waals surface area contributed by atoms with Gasteiger partial charge in [0.15, 0.2) is 0 Å². The molecule has 1 aromatic carbocycles. The zero-order valence-electron chi connectivity index (χ0n) is 10.9. The van der Waals surface area contributed by atoms with Crippen LogP contribution in [0.5, 0.6) is 0 Å². The first-order valence-electron chi connectivity index (χ1n) is 6.77. The number of carboxylic acids is 1. The zero-order valence-corrected chi connectivity index (χ0v) is 10.9. The van der Waals surface area contributed by atoms with Crippen molar-refractivity contribution in [3.63, 3.8) is 0 Å². The number of rotatable bonds is 3. The van der Waals surface area contributed by atoms with Crippen molar-refractivity contribution < 1.29 is 9.90 Å². The summed E-state index contributed by atoms with van der Waals surface area (Å²) in [7, 11) is 0. The first-order valence-corrected chi connectivity index (χ1v) is 6.77. The SMILES string of the molecule is Cc1ccc(NC2CCCCCC2)c(C(=O)O)c1. The van der Waals surface area contributed by atoms with E-state index >= 15 is 0 Å². The Kier molecular flexibility index (Phi) is 4.24. The summed E-state index contributed by atoms with van der Waals surface area (Å²) in [6, 6.07) is 6.02. The van der Waals surface area contributed by atoms with Crippen molar-refractivity contribution in [2.75, 3.05) is 5.32 Å². The lowest BCUT2D eigenvalue weighted by Crippen LogP contribution is -2.20. The van der Waals surface area contributed by atoms with Gasteiger partial charge in [-0.15, -0.1) is 0 Å². The summed E-state index contributed by atoms with van der Waals surface area (Å²) >= 11 is 0. The molecule has 0 radical (unpaired) electrons. The van der Waals surface area contributed by atoms with E-state index in [0.29, 0.717) is 11.6 Å². The van der Waals surface area contributed by atoms with E-state index in [-0.39, 0.29) is 0 Å². The average molecular weight is 247 g/mol. The fourth-order valence-corrected chi connectivity index (χ4v) is 2.60. The minimum Gasteiger partial charge on any atom is -0.478 e. The molecule has 1 aromatic rings. The molecule has 0 aliphatic heterocycles. The Morgan fingerprint density at radius 3 is 2.50 bits per heavy atom. The third kappa shape index (κ3) is 3.25. The van der Waals surface area contributed by atoms with Crippen molar-refractivity contribution in [1.82, 2.24) is 0 Å². The molecule has 18 heavy (non-hydrogen) atoms. The second kappa shape index (κ2) is 5.89. The molecule has 0 aromatic heterocycles. The van der Waals surface area contributed by atoms with E-state index < -0.39 is 5.97 Å². The van der Waals surface area contributed by atoms with Gasteiger partial charge in [0.2, 0.25) is 0 Å². The van der Waals surface area contributed by atoms with Gasteiger partial charge >= 0.3 is 5.97 Å². The van der Waals surface area contributed by atoms with E-state index in [1.165, 1.54) is 25.7 Å². The van der Waals surface area contributed by atoms with Crippen LogP contribution < -0.4 is 5.32 Å². The van der Waals surface area contributed by atoms with Gasteiger partial charge < -0.3 is 10.4 Å². The maximum Gasteiger partial charge on any atom is 0.337 e. The van der Waals surface area contributed by atoms with E-state index in [1.807, 2.05) is 19.1 Å². The molecule has 2 N–H and O–H groups in total. The van der Waals surface area contributed by atoms with Crippen LogP contribution in [0.1, 0.15) is 54.4 Å². The van der Waals surface area contributed by atoms with Crippen LogP contribution in [0.15, 0.2) is 18.2 Å². The minimum atomic E-state index is -0.852. The average Bonchev–Trinajstić information content (AvgIpc) is 2.60. The summed E-state index contributed by atoms with van der Waals surface area (Å²) in [4.78, 5) is 11.2. The van der Waals surface area contributed by atoms with Crippen molar-refractivity contribution in [3.8, 4) is 0 Å². The second-order valence-corrected chi connectivity index (χ2v) is 5.19. The smallest absolute Gasteiger partial charge is 0.337 e. The lowest BCUT2D eigenvalue weighted by molar-refractivity contribution is 0.0698. The molecule has 0 atom stereocenters. The Hall–Kier alpha value is -1.51. The quantitative estimate of drug-likeness (QED) is 0.798. The lowest BCUT2D eigenvalue weighted by Gasteiger charge is -2.19. The Balaban J connectivity index is 2.14. The lowest BCUT2D eigenvalue weighted by atomic mass is 10.1. The molecule has 1 fully saturated rings. The maximum atomic E-state index is 11.2. The molecule has 3 nitrogen and oxygen atoms in total. The van der Waals surface area contributed by atoms with Crippen molar-refractivity contribution in [2.24, 2.45) is 0 Å². The standard InChI is InChI=1S/C15H21NO2/c1-11-8-9-14(13(10-11)15(17)18)16-12-6-4-2-3-5-7-12/h8-10,12,16H,2-7H2,1H3,(H,17,18). The minimum absolute atomic E-state index is 0.388. The molecule has 0 heterocycles.